The van der Waals surface area contributed by atoms with Crippen molar-refractivity contribution < 1.29 is 28.7 Å². The summed E-state index contributed by atoms with van der Waals surface area (Å²) in [5.74, 6) is 0.184. The molecule has 0 saturated heterocycles. The molecule has 9 heteroatoms. The van der Waals surface area contributed by atoms with Crippen LogP contribution in [0.4, 0.5) is 5.69 Å². The van der Waals surface area contributed by atoms with Crippen molar-refractivity contribution in [1.82, 2.24) is 4.90 Å². The Hall–Kier alpha value is -3.62. The lowest BCUT2D eigenvalue weighted by Crippen LogP contribution is -2.36. The Morgan fingerprint density at radius 3 is 2.16 bits per heavy atom. The Labute approximate surface area is 186 Å². The molecule has 9 nitrogen and oxygen atoms in total. The highest BCUT2D eigenvalue weighted by Gasteiger charge is 2.26. The van der Waals surface area contributed by atoms with Crippen LogP contribution in [0.2, 0.25) is 0 Å². The van der Waals surface area contributed by atoms with Gasteiger partial charge in [-0.3, -0.25) is 14.9 Å². The molecular formula is C23H26N2O7. The second-order valence-corrected chi connectivity index (χ2v) is 7.16. The minimum absolute atomic E-state index is 0.0261. The summed E-state index contributed by atoms with van der Waals surface area (Å²) in [5, 5.41) is 11.3. The first kappa shape index (κ1) is 23.1. The number of nitrogens with zero attached hydrogens (tertiary/aromatic N) is 2. The molecule has 32 heavy (non-hydrogen) atoms. The van der Waals surface area contributed by atoms with E-state index in [1.54, 1.807) is 11.8 Å². The Morgan fingerprint density at radius 1 is 0.938 bits per heavy atom. The second kappa shape index (κ2) is 10.1. The molecule has 0 atom stereocenters. The van der Waals surface area contributed by atoms with Crippen LogP contribution < -0.4 is 9.47 Å². The van der Waals surface area contributed by atoms with Gasteiger partial charge >= 0.3 is 5.97 Å². The average molecular weight is 442 g/mol. The highest BCUT2D eigenvalue weighted by molar-refractivity contribution is 5.99. The molecule has 0 fully saturated rings. The normalized spacial score (nSPS) is 12.7. The predicted molar refractivity (Wildman–Crippen MR) is 116 cm³/mol. The molecule has 0 radical (unpaired) electrons. The molecule has 0 N–H and O–H groups in total. The fourth-order valence-corrected chi connectivity index (χ4v) is 3.63. The quantitative estimate of drug-likeness (QED) is 0.348. The van der Waals surface area contributed by atoms with E-state index in [1.807, 2.05) is 26.0 Å². The number of benzene rings is 2. The highest BCUT2D eigenvalue weighted by Crippen LogP contribution is 2.34. The minimum atomic E-state index is -0.709. The van der Waals surface area contributed by atoms with Gasteiger partial charge in [-0.25, -0.2) is 4.79 Å². The van der Waals surface area contributed by atoms with E-state index in [9.17, 15) is 19.7 Å². The van der Waals surface area contributed by atoms with E-state index in [1.165, 1.54) is 12.1 Å². The van der Waals surface area contributed by atoms with Gasteiger partial charge in [0.1, 0.15) is 0 Å². The van der Waals surface area contributed by atoms with Crippen molar-refractivity contribution >= 4 is 17.6 Å². The van der Waals surface area contributed by atoms with Gasteiger partial charge in [-0.15, -0.1) is 0 Å². The summed E-state index contributed by atoms with van der Waals surface area (Å²) in [4.78, 5) is 37.6. The van der Waals surface area contributed by atoms with Crippen LogP contribution in [0.3, 0.4) is 0 Å². The van der Waals surface area contributed by atoms with Crippen LogP contribution in [-0.4, -0.2) is 48.1 Å². The van der Waals surface area contributed by atoms with Gasteiger partial charge in [0.15, 0.2) is 11.5 Å². The summed E-state index contributed by atoms with van der Waals surface area (Å²) in [7, 11) is 0. The molecule has 170 valence electrons. The van der Waals surface area contributed by atoms with Gasteiger partial charge in [0, 0.05) is 30.8 Å². The van der Waals surface area contributed by atoms with Crippen molar-refractivity contribution in [1.29, 1.82) is 0 Å². The molecule has 1 heterocycles. The van der Waals surface area contributed by atoms with E-state index in [4.69, 9.17) is 14.2 Å². The molecule has 3 rings (SSSR count). The fraction of sp³-hybridized carbons (Fsp3) is 0.391. The van der Waals surface area contributed by atoms with Crippen LogP contribution in [0, 0.1) is 10.1 Å². The molecule has 0 bridgehead atoms. The molecule has 1 aliphatic rings. The van der Waals surface area contributed by atoms with Gasteiger partial charge in [-0.1, -0.05) is 0 Å². The summed E-state index contributed by atoms with van der Waals surface area (Å²) >= 11 is 0. The second-order valence-electron chi connectivity index (χ2n) is 7.16. The third-order valence-electron chi connectivity index (χ3n) is 5.05. The molecule has 0 aromatic heterocycles. The smallest absolute Gasteiger partial charge is 0.338 e. The van der Waals surface area contributed by atoms with E-state index >= 15 is 0 Å². The molecule has 0 unspecified atom stereocenters. The van der Waals surface area contributed by atoms with Crippen LogP contribution in [0.15, 0.2) is 30.3 Å². The zero-order chi connectivity index (χ0) is 23.3. The van der Waals surface area contributed by atoms with Gasteiger partial charge in [-0.2, -0.15) is 0 Å². The van der Waals surface area contributed by atoms with Crippen molar-refractivity contribution in [3.05, 3.63) is 62.7 Å². The van der Waals surface area contributed by atoms with Crippen LogP contribution in [0.1, 0.15) is 52.6 Å². The van der Waals surface area contributed by atoms with Crippen molar-refractivity contribution in [3.63, 3.8) is 0 Å². The number of fused-ring (bicyclic) bond motifs is 1. The van der Waals surface area contributed by atoms with E-state index in [-0.39, 0.29) is 23.4 Å². The first-order valence-corrected chi connectivity index (χ1v) is 10.5. The lowest BCUT2D eigenvalue weighted by molar-refractivity contribution is -0.384. The Kier molecular flexibility index (Phi) is 7.29. The minimum Gasteiger partial charge on any atom is -0.490 e. The number of nitro groups is 1. The lowest BCUT2D eigenvalue weighted by Gasteiger charge is -2.30. The number of amides is 1. The summed E-state index contributed by atoms with van der Waals surface area (Å²) in [6.45, 7) is 7.29. The van der Waals surface area contributed by atoms with Crippen molar-refractivity contribution in [2.24, 2.45) is 0 Å². The number of hydrogen-bond acceptors (Lipinski definition) is 7. The van der Waals surface area contributed by atoms with Crippen LogP contribution >= 0.6 is 0 Å². The number of rotatable bonds is 8. The fourth-order valence-electron chi connectivity index (χ4n) is 3.63. The first-order valence-electron chi connectivity index (χ1n) is 10.5. The number of hydrogen-bond donors (Lipinski definition) is 0. The first-order chi connectivity index (χ1) is 15.4. The molecule has 2 aromatic carbocycles. The Bertz CT molecular complexity index is 1040. The number of non-ortho nitro benzene ring substituents is 1. The number of nitro benzene ring substituents is 1. The average Bonchev–Trinajstić information content (AvgIpc) is 2.78. The number of ether oxygens (including phenoxy) is 3. The van der Waals surface area contributed by atoms with Crippen molar-refractivity contribution in [2.75, 3.05) is 26.4 Å². The third kappa shape index (κ3) is 4.99. The molecule has 0 saturated carbocycles. The topological polar surface area (TPSA) is 108 Å². The summed E-state index contributed by atoms with van der Waals surface area (Å²) in [5.41, 5.74) is 1.69. The molecule has 0 aliphatic carbocycles. The molecular weight excluding hydrogens is 416 g/mol. The Morgan fingerprint density at radius 2 is 1.56 bits per heavy atom. The van der Waals surface area contributed by atoms with Crippen LogP contribution in [0.5, 0.6) is 11.5 Å². The van der Waals surface area contributed by atoms with E-state index in [0.29, 0.717) is 44.2 Å². The van der Waals surface area contributed by atoms with Crippen LogP contribution in [0.25, 0.3) is 0 Å². The maximum absolute atomic E-state index is 13.2. The molecule has 2 aromatic rings. The summed E-state index contributed by atoms with van der Waals surface area (Å²) < 4.78 is 16.3. The SMILES string of the molecule is CCOC(=O)c1cc(C(=O)N2CCc3cc(OCC)c(OCC)cc3C2)cc([N+](=O)[O-])c1. The summed E-state index contributed by atoms with van der Waals surface area (Å²) in [6, 6.07) is 7.46. The third-order valence-corrected chi connectivity index (χ3v) is 5.05. The molecule has 0 spiro atoms. The predicted octanol–water partition coefficient (Wildman–Crippen LogP) is 3.77. The lowest BCUT2D eigenvalue weighted by atomic mass is 9.97. The maximum atomic E-state index is 13.2. The maximum Gasteiger partial charge on any atom is 0.338 e. The zero-order valence-corrected chi connectivity index (χ0v) is 18.4. The van der Waals surface area contributed by atoms with Crippen molar-refractivity contribution in [3.8, 4) is 11.5 Å². The number of carbonyl (C=O) groups is 2. The van der Waals surface area contributed by atoms with Gasteiger partial charge < -0.3 is 19.1 Å². The van der Waals surface area contributed by atoms with Gasteiger partial charge in [0.2, 0.25) is 0 Å². The number of esters is 1. The van der Waals surface area contributed by atoms with Gasteiger partial charge in [-0.05, 0) is 56.5 Å². The highest BCUT2D eigenvalue weighted by atomic mass is 16.6. The van der Waals surface area contributed by atoms with E-state index in [0.717, 1.165) is 17.2 Å². The molecule has 1 aliphatic heterocycles. The monoisotopic (exact) mass is 442 g/mol. The number of carbonyl (C=O) groups excluding carboxylic acids is 2. The molecule has 1 amide bonds. The standard InChI is InChI=1S/C23H26N2O7/c1-4-30-20-12-15-7-8-24(14-18(15)13-21(20)31-5-2)22(26)16-9-17(23(27)32-6-3)11-19(10-16)25(28)29/h9-13H,4-8,14H2,1-3H3. The van der Waals surface area contributed by atoms with Crippen LogP contribution in [-0.2, 0) is 17.7 Å². The summed E-state index contributed by atoms with van der Waals surface area (Å²) in [6.07, 6.45) is 0.604. The largest absolute Gasteiger partial charge is 0.490 e. The van der Waals surface area contributed by atoms with Crippen molar-refractivity contribution in [2.45, 2.75) is 33.7 Å². The zero-order valence-electron chi connectivity index (χ0n) is 18.4. The van der Waals surface area contributed by atoms with E-state index < -0.39 is 16.8 Å². The van der Waals surface area contributed by atoms with Gasteiger partial charge in [0.25, 0.3) is 11.6 Å². The Balaban J connectivity index is 1.90. The van der Waals surface area contributed by atoms with E-state index in [2.05, 4.69) is 0 Å². The van der Waals surface area contributed by atoms with Gasteiger partial charge in [0.05, 0.1) is 30.3 Å².